The zero-order chi connectivity index (χ0) is 14.4. The Hall–Kier alpha value is -1.71. The molecule has 2 rings (SSSR count). The third kappa shape index (κ3) is 3.65. The fourth-order valence-corrected chi connectivity index (χ4v) is 2.69. The third-order valence-electron chi connectivity index (χ3n) is 2.93. The van der Waals surface area contributed by atoms with E-state index in [-0.39, 0.29) is 0 Å². The Morgan fingerprint density at radius 1 is 1.45 bits per heavy atom. The van der Waals surface area contributed by atoms with Crippen LogP contribution in [0.4, 0.5) is 5.82 Å². The summed E-state index contributed by atoms with van der Waals surface area (Å²) in [6.45, 7) is 4.44. The van der Waals surface area contributed by atoms with E-state index in [0.717, 1.165) is 41.4 Å². The zero-order valence-electron chi connectivity index (χ0n) is 11.9. The number of rotatable bonds is 7. The summed E-state index contributed by atoms with van der Waals surface area (Å²) in [5, 5.41) is 15.1. The molecule has 2 aromatic heterocycles. The molecule has 5 nitrogen and oxygen atoms in total. The molecule has 20 heavy (non-hydrogen) atoms. The quantitative estimate of drug-likeness (QED) is 0.849. The van der Waals surface area contributed by atoms with Gasteiger partial charge in [-0.15, -0.1) is 11.3 Å². The van der Waals surface area contributed by atoms with Gasteiger partial charge in [0, 0.05) is 19.5 Å². The second kappa shape index (κ2) is 7.17. The average Bonchev–Trinajstić information content (AvgIpc) is 2.90. The van der Waals surface area contributed by atoms with Gasteiger partial charge in [-0.1, -0.05) is 6.92 Å². The summed E-state index contributed by atoms with van der Waals surface area (Å²) >= 11 is 1.63. The number of thiophene rings is 1. The number of fused-ring (bicyclic) bond motifs is 1. The van der Waals surface area contributed by atoms with Crippen molar-refractivity contribution < 1.29 is 0 Å². The lowest BCUT2D eigenvalue weighted by Crippen LogP contribution is -2.20. The van der Waals surface area contributed by atoms with E-state index in [1.165, 1.54) is 0 Å². The van der Waals surface area contributed by atoms with Gasteiger partial charge in [0.1, 0.15) is 16.5 Å². The minimum atomic E-state index is 0.526. The first-order valence-electron chi connectivity index (χ1n) is 6.78. The Kier molecular flexibility index (Phi) is 5.27. The number of hydrogen-bond donors (Lipinski definition) is 1. The number of hydrogen-bond acceptors (Lipinski definition) is 6. The van der Waals surface area contributed by atoms with Crippen molar-refractivity contribution in [2.24, 2.45) is 0 Å². The maximum atomic E-state index is 8.62. The first-order valence-corrected chi connectivity index (χ1v) is 7.66. The normalized spacial score (nSPS) is 10.9. The Labute approximate surface area is 123 Å². The fourth-order valence-electron chi connectivity index (χ4n) is 1.91. The van der Waals surface area contributed by atoms with Gasteiger partial charge in [0.15, 0.2) is 0 Å². The van der Waals surface area contributed by atoms with Crippen LogP contribution in [0.25, 0.3) is 10.2 Å². The molecule has 0 amide bonds. The van der Waals surface area contributed by atoms with Gasteiger partial charge in [-0.2, -0.15) is 5.26 Å². The second-order valence-electron chi connectivity index (χ2n) is 4.70. The Balaban J connectivity index is 2.18. The van der Waals surface area contributed by atoms with Crippen molar-refractivity contribution >= 4 is 27.4 Å². The molecule has 0 unspecified atom stereocenters. The molecule has 0 bridgehead atoms. The van der Waals surface area contributed by atoms with Crippen LogP contribution in [0.15, 0.2) is 11.4 Å². The smallest absolute Gasteiger partial charge is 0.146 e. The predicted octanol–water partition coefficient (Wildman–Crippen LogP) is 2.86. The van der Waals surface area contributed by atoms with Gasteiger partial charge in [-0.05, 0) is 24.9 Å². The highest BCUT2D eigenvalue weighted by atomic mass is 32.1. The average molecular weight is 289 g/mol. The lowest BCUT2D eigenvalue weighted by molar-refractivity contribution is 0.327. The fraction of sp³-hybridized carbons (Fsp3) is 0.500. The van der Waals surface area contributed by atoms with Crippen molar-refractivity contribution in [3.05, 3.63) is 17.3 Å². The molecule has 6 heteroatoms. The number of nitriles is 1. The minimum absolute atomic E-state index is 0.526. The maximum absolute atomic E-state index is 8.62. The van der Waals surface area contributed by atoms with Crippen LogP contribution in [0.1, 0.15) is 25.6 Å². The van der Waals surface area contributed by atoms with E-state index < -0.39 is 0 Å². The Morgan fingerprint density at radius 2 is 2.30 bits per heavy atom. The second-order valence-corrected chi connectivity index (χ2v) is 5.60. The summed E-state index contributed by atoms with van der Waals surface area (Å²) in [7, 11) is 1.98. The van der Waals surface area contributed by atoms with E-state index in [9.17, 15) is 0 Å². The maximum Gasteiger partial charge on any atom is 0.146 e. The highest BCUT2D eigenvalue weighted by Gasteiger charge is 2.10. The lowest BCUT2D eigenvalue weighted by Gasteiger charge is -2.14. The standard InChI is InChI=1S/C14H19N5S/c1-3-7-16-13-11-5-9-20-14(11)18-12(17-13)10-19(2)8-4-6-15/h5,9H,3-4,7-8,10H2,1-2H3,(H,16,17,18). The van der Waals surface area contributed by atoms with Gasteiger partial charge in [0.05, 0.1) is 18.0 Å². The molecule has 2 heterocycles. The molecule has 0 spiro atoms. The monoisotopic (exact) mass is 289 g/mol. The SMILES string of the molecule is CCCNc1nc(CN(C)CCC#N)nc2sccc12. The number of aromatic nitrogens is 2. The van der Waals surface area contributed by atoms with E-state index in [1.54, 1.807) is 11.3 Å². The van der Waals surface area contributed by atoms with Crippen molar-refractivity contribution in [2.45, 2.75) is 26.3 Å². The molecule has 0 aromatic carbocycles. The first-order chi connectivity index (χ1) is 9.74. The topological polar surface area (TPSA) is 64.8 Å². The molecule has 0 fully saturated rings. The summed E-state index contributed by atoms with van der Waals surface area (Å²) in [6, 6.07) is 4.21. The van der Waals surface area contributed by atoms with Crippen LogP contribution in [0.3, 0.4) is 0 Å². The Morgan fingerprint density at radius 3 is 3.05 bits per heavy atom. The van der Waals surface area contributed by atoms with Crippen LogP contribution in [-0.4, -0.2) is 35.0 Å². The molecular weight excluding hydrogens is 270 g/mol. The van der Waals surface area contributed by atoms with Gasteiger partial charge in [-0.25, -0.2) is 9.97 Å². The van der Waals surface area contributed by atoms with E-state index in [4.69, 9.17) is 5.26 Å². The van der Waals surface area contributed by atoms with Crippen molar-refractivity contribution in [1.82, 2.24) is 14.9 Å². The predicted molar refractivity (Wildman–Crippen MR) is 82.8 cm³/mol. The van der Waals surface area contributed by atoms with E-state index >= 15 is 0 Å². The Bertz CT molecular complexity index is 601. The van der Waals surface area contributed by atoms with Crippen molar-refractivity contribution in [1.29, 1.82) is 5.26 Å². The molecule has 0 aliphatic rings. The van der Waals surface area contributed by atoms with Crippen LogP contribution < -0.4 is 5.32 Å². The number of anilines is 1. The van der Waals surface area contributed by atoms with Crippen LogP contribution in [0.2, 0.25) is 0 Å². The summed E-state index contributed by atoms with van der Waals surface area (Å²) in [4.78, 5) is 12.3. The molecular formula is C14H19N5S. The number of nitrogens with one attached hydrogen (secondary N) is 1. The van der Waals surface area contributed by atoms with E-state index in [2.05, 4.69) is 39.2 Å². The van der Waals surface area contributed by atoms with Crippen molar-refractivity contribution in [3.8, 4) is 6.07 Å². The number of nitrogens with zero attached hydrogens (tertiary/aromatic N) is 4. The zero-order valence-corrected chi connectivity index (χ0v) is 12.7. The van der Waals surface area contributed by atoms with Crippen molar-refractivity contribution in [2.75, 3.05) is 25.5 Å². The molecule has 0 saturated heterocycles. The first kappa shape index (κ1) is 14.7. The van der Waals surface area contributed by atoms with Gasteiger partial charge in [-0.3, -0.25) is 4.90 Å². The van der Waals surface area contributed by atoms with Crippen LogP contribution >= 0.6 is 11.3 Å². The molecule has 106 valence electrons. The van der Waals surface area contributed by atoms with Gasteiger partial charge < -0.3 is 5.32 Å². The summed E-state index contributed by atoms with van der Waals surface area (Å²) < 4.78 is 0. The highest BCUT2D eigenvalue weighted by Crippen LogP contribution is 2.25. The van der Waals surface area contributed by atoms with Gasteiger partial charge >= 0.3 is 0 Å². The van der Waals surface area contributed by atoms with Crippen LogP contribution in [-0.2, 0) is 6.54 Å². The largest absolute Gasteiger partial charge is 0.369 e. The molecule has 0 saturated carbocycles. The van der Waals surface area contributed by atoms with Crippen LogP contribution in [0, 0.1) is 11.3 Å². The molecule has 1 N–H and O–H groups in total. The van der Waals surface area contributed by atoms with Gasteiger partial charge in [0.25, 0.3) is 0 Å². The molecule has 0 atom stereocenters. The minimum Gasteiger partial charge on any atom is -0.369 e. The van der Waals surface area contributed by atoms with E-state index in [1.807, 2.05) is 12.4 Å². The summed E-state index contributed by atoms with van der Waals surface area (Å²) in [6.07, 6.45) is 1.59. The van der Waals surface area contributed by atoms with Crippen LogP contribution in [0.5, 0.6) is 0 Å². The van der Waals surface area contributed by atoms with Crippen molar-refractivity contribution in [3.63, 3.8) is 0 Å². The molecule has 0 aliphatic carbocycles. The summed E-state index contributed by atoms with van der Waals surface area (Å²) in [5.74, 6) is 1.72. The molecule has 0 aliphatic heterocycles. The lowest BCUT2D eigenvalue weighted by atomic mass is 10.3. The summed E-state index contributed by atoms with van der Waals surface area (Å²) in [5.41, 5.74) is 0. The van der Waals surface area contributed by atoms with Gasteiger partial charge in [0.2, 0.25) is 0 Å². The van der Waals surface area contributed by atoms with E-state index in [0.29, 0.717) is 13.0 Å². The third-order valence-corrected chi connectivity index (χ3v) is 3.74. The molecule has 2 aromatic rings. The molecule has 0 radical (unpaired) electrons. The highest BCUT2D eigenvalue weighted by molar-refractivity contribution is 7.16.